The highest BCUT2D eigenvalue weighted by molar-refractivity contribution is 5.80. The van der Waals surface area contributed by atoms with Crippen LogP contribution in [0.2, 0.25) is 0 Å². The third kappa shape index (κ3) is 4.00. The summed E-state index contributed by atoms with van der Waals surface area (Å²) in [6.45, 7) is 1.53. The molecule has 0 bridgehead atoms. The van der Waals surface area contributed by atoms with Crippen molar-refractivity contribution in [1.82, 2.24) is 4.90 Å². The van der Waals surface area contributed by atoms with Crippen molar-refractivity contribution in [3.8, 4) is 0 Å². The monoisotopic (exact) mass is 386 g/mol. The molecule has 1 amide bonds. The quantitative estimate of drug-likeness (QED) is 0.634. The van der Waals surface area contributed by atoms with E-state index < -0.39 is 22.4 Å². The Morgan fingerprint density at radius 2 is 1.85 bits per heavy atom. The second-order valence-corrected chi connectivity index (χ2v) is 6.97. The average molecular weight is 386 g/mol. The summed E-state index contributed by atoms with van der Waals surface area (Å²) in [5, 5.41) is 10.8. The zero-order valence-corrected chi connectivity index (χ0v) is 14.6. The maximum absolute atomic E-state index is 13.4. The highest BCUT2D eigenvalue weighted by Crippen LogP contribution is 2.40. The molecule has 0 spiro atoms. The molecule has 7 nitrogen and oxygen atoms in total. The van der Waals surface area contributed by atoms with Crippen LogP contribution in [0.1, 0.15) is 31.2 Å². The lowest BCUT2D eigenvalue weighted by atomic mass is 10.00. The van der Waals surface area contributed by atoms with Crippen molar-refractivity contribution in [2.45, 2.75) is 43.9 Å². The van der Waals surface area contributed by atoms with Gasteiger partial charge in [0.15, 0.2) is 0 Å². The summed E-state index contributed by atoms with van der Waals surface area (Å²) in [7, 11) is 0. The lowest BCUT2D eigenvalue weighted by molar-refractivity contribution is -0.385. The molecule has 2 aliphatic heterocycles. The van der Waals surface area contributed by atoms with Gasteiger partial charge in [-0.2, -0.15) is 13.2 Å². The first-order chi connectivity index (χ1) is 12.7. The second kappa shape index (κ2) is 7.34. The zero-order chi connectivity index (χ0) is 19.8. The molecule has 148 valence electrons. The molecule has 2 saturated heterocycles. The average Bonchev–Trinajstić information content (AvgIpc) is 3.10. The highest BCUT2D eigenvalue weighted by Gasteiger charge is 2.39. The van der Waals surface area contributed by atoms with Gasteiger partial charge in [-0.25, -0.2) is 0 Å². The van der Waals surface area contributed by atoms with Gasteiger partial charge in [0.25, 0.3) is 5.69 Å². The van der Waals surface area contributed by atoms with Crippen molar-refractivity contribution in [2.75, 3.05) is 24.5 Å². The number of piperidine rings is 1. The van der Waals surface area contributed by atoms with Gasteiger partial charge in [-0.3, -0.25) is 19.8 Å². The van der Waals surface area contributed by atoms with E-state index in [1.807, 2.05) is 0 Å². The lowest BCUT2D eigenvalue weighted by Gasteiger charge is -2.40. The van der Waals surface area contributed by atoms with Crippen molar-refractivity contribution >= 4 is 17.3 Å². The van der Waals surface area contributed by atoms with Crippen LogP contribution in [0, 0.1) is 10.1 Å². The number of primary amides is 1. The van der Waals surface area contributed by atoms with Crippen LogP contribution in [0.5, 0.6) is 0 Å². The number of nitrogens with zero attached hydrogens (tertiary/aromatic N) is 3. The molecule has 1 aromatic carbocycles. The van der Waals surface area contributed by atoms with E-state index in [9.17, 15) is 28.1 Å². The Balaban J connectivity index is 1.76. The van der Waals surface area contributed by atoms with Gasteiger partial charge in [0.1, 0.15) is 0 Å². The largest absolute Gasteiger partial charge is 0.418 e. The van der Waals surface area contributed by atoms with Crippen LogP contribution in [0.3, 0.4) is 0 Å². The molecule has 27 heavy (non-hydrogen) atoms. The number of carbonyl (C=O) groups excluding carboxylic acids is 1. The minimum atomic E-state index is -4.68. The topological polar surface area (TPSA) is 92.7 Å². The second-order valence-electron chi connectivity index (χ2n) is 6.97. The number of hydrogen-bond acceptors (Lipinski definition) is 5. The van der Waals surface area contributed by atoms with E-state index in [4.69, 9.17) is 5.73 Å². The number of nitro benzene ring substituents is 1. The summed E-state index contributed by atoms with van der Waals surface area (Å²) >= 11 is 0. The number of nitro groups is 1. The van der Waals surface area contributed by atoms with Gasteiger partial charge in [-0.05, 0) is 38.3 Å². The molecular weight excluding hydrogens is 365 g/mol. The van der Waals surface area contributed by atoms with Gasteiger partial charge >= 0.3 is 6.18 Å². The molecule has 0 aromatic heterocycles. The number of amides is 1. The first-order valence-corrected chi connectivity index (χ1v) is 8.84. The molecule has 1 aromatic rings. The Hall–Kier alpha value is -2.36. The Morgan fingerprint density at radius 1 is 1.19 bits per heavy atom. The van der Waals surface area contributed by atoms with E-state index in [0.717, 1.165) is 25.5 Å². The third-order valence-corrected chi connectivity index (χ3v) is 5.39. The van der Waals surface area contributed by atoms with Crippen LogP contribution in [-0.2, 0) is 11.0 Å². The molecule has 0 saturated carbocycles. The van der Waals surface area contributed by atoms with Crippen LogP contribution in [-0.4, -0.2) is 47.4 Å². The van der Waals surface area contributed by atoms with Crippen LogP contribution >= 0.6 is 0 Å². The summed E-state index contributed by atoms with van der Waals surface area (Å²) in [6, 6.07) is 2.66. The fourth-order valence-corrected chi connectivity index (χ4v) is 4.11. The number of nitrogens with two attached hydrogens (primary N) is 1. The number of carbonyl (C=O) groups is 1. The molecule has 0 radical (unpaired) electrons. The van der Waals surface area contributed by atoms with Crippen LogP contribution < -0.4 is 10.6 Å². The molecule has 2 N–H and O–H groups in total. The summed E-state index contributed by atoms with van der Waals surface area (Å²) in [4.78, 5) is 25.2. The minimum absolute atomic E-state index is 0.0422. The zero-order valence-electron chi connectivity index (χ0n) is 14.6. The predicted octanol–water partition coefficient (Wildman–Crippen LogP) is 2.53. The first kappa shape index (κ1) is 19.4. The van der Waals surface area contributed by atoms with Crippen molar-refractivity contribution in [1.29, 1.82) is 0 Å². The Kier molecular flexibility index (Phi) is 5.27. The molecule has 3 rings (SSSR count). The number of non-ortho nitro benzene ring substituents is 1. The van der Waals surface area contributed by atoms with Gasteiger partial charge in [0.05, 0.1) is 16.5 Å². The van der Waals surface area contributed by atoms with Gasteiger partial charge in [0.2, 0.25) is 5.91 Å². The lowest BCUT2D eigenvalue weighted by Crippen LogP contribution is -2.50. The Bertz CT molecular complexity index is 733. The van der Waals surface area contributed by atoms with E-state index in [2.05, 4.69) is 4.90 Å². The van der Waals surface area contributed by atoms with E-state index in [1.54, 1.807) is 4.90 Å². The fraction of sp³-hybridized carbons (Fsp3) is 0.588. The van der Waals surface area contributed by atoms with Crippen LogP contribution in [0.4, 0.5) is 24.5 Å². The SMILES string of the molecule is NC(=O)C1CCCN1C1CCN(c2ccc([N+](=O)[O-])cc2C(F)(F)F)CC1. The van der Waals surface area contributed by atoms with Crippen molar-refractivity contribution in [2.24, 2.45) is 5.73 Å². The maximum Gasteiger partial charge on any atom is 0.418 e. The van der Waals surface area contributed by atoms with Crippen LogP contribution in [0.25, 0.3) is 0 Å². The van der Waals surface area contributed by atoms with Crippen LogP contribution in [0.15, 0.2) is 18.2 Å². The van der Waals surface area contributed by atoms with Gasteiger partial charge in [-0.1, -0.05) is 0 Å². The molecule has 10 heteroatoms. The summed E-state index contributed by atoms with van der Waals surface area (Å²) < 4.78 is 40.2. The van der Waals surface area contributed by atoms with Crippen molar-refractivity contribution in [3.05, 3.63) is 33.9 Å². The van der Waals surface area contributed by atoms with Gasteiger partial charge in [-0.15, -0.1) is 0 Å². The maximum atomic E-state index is 13.4. The smallest absolute Gasteiger partial charge is 0.371 e. The van der Waals surface area contributed by atoms with E-state index in [0.29, 0.717) is 32.0 Å². The van der Waals surface area contributed by atoms with Gasteiger partial charge in [0, 0.05) is 37.0 Å². The number of hydrogen-bond donors (Lipinski definition) is 1. The first-order valence-electron chi connectivity index (χ1n) is 8.84. The standard InChI is InChI=1S/C17H21F3N4O3/c18-17(19,20)13-10-12(24(26)27)3-4-14(13)22-8-5-11(6-9-22)23-7-1-2-15(23)16(21)25/h3-4,10-11,15H,1-2,5-9H2,(H2,21,25). The molecule has 2 heterocycles. The normalized spacial score (nSPS) is 22.2. The minimum Gasteiger partial charge on any atom is -0.371 e. The third-order valence-electron chi connectivity index (χ3n) is 5.39. The molecule has 1 atom stereocenters. The van der Waals surface area contributed by atoms with E-state index in [1.165, 1.54) is 6.07 Å². The Labute approximate surface area is 154 Å². The molecule has 2 aliphatic rings. The molecule has 0 aliphatic carbocycles. The number of benzene rings is 1. The van der Waals surface area contributed by atoms with Crippen molar-refractivity contribution in [3.63, 3.8) is 0 Å². The molecular formula is C17H21F3N4O3. The molecule has 2 fully saturated rings. The Morgan fingerprint density at radius 3 is 2.41 bits per heavy atom. The number of likely N-dealkylation sites (tertiary alicyclic amines) is 1. The fourth-order valence-electron chi connectivity index (χ4n) is 4.11. The summed E-state index contributed by atoms with van der Waals surface area (Å²) in [6.07, 6.45) is -1.86. The number of alkyl halides is 3. The number of anilines is 1. The number of rotatable bonds is 4. The van der Waals surface area contributed by atoms with Gasteiger partial charge < -0.3 is 10.6 Å². The summed E-state index contributed by atoms with van der Waals surface area (Å²) in [5.41, 5.74) is 3.83. The number of halogens is 3. The molecule has 1 unspecified atom stereocenters. The summed E-state index contributed by atoms with van der Waals surface area (Å²) in [5.74, 6) is -0.357. The predicted molar refractivity (Wildman–Crippen MR) is 92.3 cm³/mol. The highest BCUT2D eigenvalue weighted by atomic mass is 19.4. The van der Waals surface area contributed by atoms with Crippen molar-refractivity contribution < 1.29 is 22.9 Å². The van der Waals surface area contributed by atoms with E-state index >= 15 is 0 Å². The van der Waals surface area contributed by atoms with E-state index in [-0.39, 0.29) is 23.7 Å².